The summed E-state index contributed by atoms with van der Waals surface area (Å²) in [5.74, 6) is -0.856. The van der Waals surface area contributed by atoms with E-state index in [-0.39, 0.29) is 19.5 Å². The van der Waals surface area contributed by atoms with E-state index in [1.54, 1.807) is 18.3 Å². The summed E-state index contributed by atoms with van der Waals surface area (Å²) in [6.45, 7) is 0.352. The summed E-state index contributed by atoms with van der Waals surface area (Å²) < 4.78 is 4.95. The van der Waals surface area contributed by atoms with Crippen molar-refractivity contribution in [2.24, 2.45) is 0 Å². The molecule has 0 aliphatic rings. The Hall–Kier alpha value is -2.35. The number of aromatic nitrogens is 1. The first-order chi connectivity index (χ1) is 9.52. The Bertz CT molecular complexity index is 466. The van der Waals surface area contributed by atoms with Crippen molar-refractivity contribution in [3.63, 3.8) is 0 Å². The number of hydrogen-bond donors (Lipinski definition) is 4. The molecule has 0 aliphatic heterocycles. The van der Waals surface area contributed by atoms with Crippen LogP contribution in [0.5, 0.6) is 5.88 Å². The summed E-state index contributed by atoms with van der Waals surface area (Å²) in [6.07, 6.45) is 0.0442. The number of aliphatic carboxylic acids is 1. The van der Waals surface area contributed by atoms with E-state index >= 15 is 0 Å². The largest absolute Gasteiger partial charge is 0.481 e. The number of carboxylic acids is 1. The van der Waals surface area contributed by atoms with E-state index in [0.717, 1.165) is 5.56 Å². The molecule has 2 amide bonds. The van der Waals surface area contributed by atoms with Crippen LogP contribution in [0.4, 0.5) is 4.79 Å². The molecular weight excluding hydrogens is 266 g/mol. The minimum Gasteiger partial charge on any atom is -0.481 e. The average molecular weight is 283 g/mol. The van der Waals surface area contributed by atoms with Crippen molar-refractivity contribution in [1.29, 1.82) is 0 Å². The fourth-order valence-electron chi connectivity index (χ4n) is 1.36. The third kappa shape index (κ3) is 5.53. The van der Waals surface area contributed by atoms with E-state index < -0.39 is 18.1 Å². The lowest BCUT2D eigenvalue weighted by molar-refractivity contribution is -0.146. The van der Waals surface area contributed by atoms with Crippen LogP contribution in [0.3, 0.4) is 0 Å². The van der Waals surface area contributed by atoms with Crippen LogP contribution < -0.4 is 15.4 Å². The van der Waals surface area contributed by atoms with E-state index in [9.17, 15) is 9.59 Å². The number of aliphatic hydroxyl groups excluding tert-OH is 1. The maximum atomic E-state index is 11.4. The lowest BCUT2D eigenvalue weighted by Crippen LogP contribution is -2.37. The maximum Gasteiger partial charge on any atom is 0.332 e. The van der Waals surface area contributed by atoms with E-state index in [2.05, 4.69) is 15.6 Å². The molecule has 4 N–H and O–H groups in total. The molecule has 1 heterocycles. The maximum absolute atomic E-state index is 11.4. The molecule has 8 heteroatoms. The van der Waals surface area contributed by atoms with Crippen LogP contribution in [0.15, 0.2) is 18.3 Å². The van der Waals surface area contributed by atoms with Gasteiger partial charge in [-0.25, -0.2) is 14.6 Å². The summed E-state index contributed by atoms with van der Waals surface area (Å²) in [5.41, 5.74) is 0.817. The highest BCUT2D eigenvalue weighted by Crippen LogP contribution is 2.07. The highest BCUT2D eigenvalue weighted by Gasteiger charge is 2.12. The monoisotopic (exact) mass is 283 g/mol. The molecule has 0 saturated carbocycles. The molecule has 0 aromatic carbocycles. The number of carboxylic acid groups (broad SMARTS) is 1. The Morgan fingerprint density at radius 1 is 1.45 bits per heavy atom. The first kappa shape index (κ1) is 15.7. The quantitative estimate of drug-likeness (QED) is 0.546. The molecule has 0 radical (unpaired) electrons. The van der Waals surface area contributed by atoms with Crippen LogP contribution in [-0.4, -0.2) is 47.0 Å². The molecule has 1 atom stereocenters. The average Bonchev–Trinajstić information content (AvgIpc) is 2.45. The number of rotatable bonds is 7. The van der Waals surface area contributed by atoms with Crippen molar-refractivity contribution < 1.29 is 24.5 Å². The van der Waals surface area contributed by atoms with Gasteiger partial charge in [0.15, 0.2) is 6.10 Å². The standard InChI is InChI=1S/C12H17N3O5/c1-20-10-6-8(2-4-13-10)7-15-12(19)14-5-3-9(16)11(17)18/h2,4,6,9,16H,3,5,7H2,1H3,(H,17,18)(H2,14,15,19). The van der Waals surface area contributed by atoms with E-state index in [4.69, 9.17) is 14.9 Å². The highest BCUT2D eigenvalue weighted by atomic mass is 16.5. The number of hydrogen-bond acceptors (Lipinski definition) is 5. The van der Waals surface area contributed by atoms with Crippen LogP contribution in [0.25, 0.3) is 0 Å². The number of pyridine rings is 1. The number of urea groups is 1. The smallest absolute Gasteiger partial charge is 0.332 e. The molecule has 1 aromatic heterocycles. The van der Waals surface area contributed by atoms with Gasteiger partial charge in [-0.15, -0.1) is 0 Å². The summed E-state index contributed by atoms with van der Waals surface area (Å²) in [5, 5.41) is 22.5. The van der Waals surface area contributed by atoms with Crippen molar-refractivity contribution >= 4 is 12.0 Å². The molecule has 0 saturated heterocycles. The van der Waals surface area contributed by atoms with Crippen molar-refractivity contribution in [2.75, 3.05) is 13.7 Å². The Morgan fingerprint density at radius 3 is 2.85 bits per heavy atom. The molecule has 110 valence electrons. The van der Waals surface area contributed by atoms with Crippen LogP contribution in [0, 0.1) is 0 Å². The SMILES string of the molecule is COc1cc(CNC(=O)NCCC(O)C(=O)O)ccn1. The van der Waals surface area contributed by atoms with Gasteiger partial charge in [0, 0.05) is 31.8 Å². The third-order valence-corrected chi connectivity index (χ3v) is 2.45. The minimum atomic E-state index is -1.47. The lowest BCUT2D eigenvalue weighted by Gasteiger charge is -2.09. The normalized spacial score (nSPS) is 11.5. The molecule has 0 spiro atoms. The molecule has 1 rings (SSSR count). The number of nitrogens with zero attached hydrogens (tertiary/aromatic N) is 1. The number of carbonyl (C=O) groups is 2. The van der Waals surface area contributed by atoms with Gasteiger partial charge in [0.25, 0.3) is 0 Å². The predicted octanol–water partition coefficient (Wildman–Crippen LogP) is -0.275. The van der Waals surface area contributed by atoms with Crippen LogP contribution in [0.1, 0.15) is 12.0 Å². The van der Waals surface area contributed by atoms with Crippen LogP contribution in [-0.2, 0) is 11.3 Å². The number of carbonyl (C=O) groups excluding carboxylic acids is 1. The summed E-state index contributed by atoms with van der Waals surface area (Å²) >= 11 is 0. The van der Waals surface area contributed by atoms with Crippen molar-refractivity contribution in [3.8, 4) is 5.88 Å². The number of ether oxygens (including phenoxy) is 1. The Balaban J connectivity index is 2.27. The third-order valence-electron chi connectivity index (χ3n) is 2.45. The van der Waals surface area contributed by atoms with Gasteiger partial charge >= 0.3 is 12.0 Å². The molecule has 20 heavy (non-hydrogen) atoms. The van der Waals surface area contributed by atoms with Gasteiger partial charge < -0.3 is 25.6 Å². The van der Waals surface area contributed by atoms with Crippen molar-refractivity contribution in [3.05, 3.63) is 23.9 Å². The molecule has 0 bridgehead atoms. The van der Waals surface area contributed by atoms with Gasteiger partial charge in [0.05, 0.1) is 7.11 Å². The number of methoxy groups -OCH3 is 1. The topological polar surface area (TPSA) is 121 Å². The predicted molar refractivity (Wildman–Crippen MR) is 69.3 cm³/mol. The molecule has 0 fully saturated rings. The van der Waals surface area contributed by atoms with Crippen molar-refractivity contribution in [2.45, 2.75) is 19.1 Å². The lowest BCUT2D eigenvalue weighted by atomic mass is 10.2. The molecule has 0 aliphatic carbocycles. The van der Waals surface area contributed by atoms with E-state index in [0.29, 0.717) is 5.88 Å². The Morgan fingerprint density at radius 2 is 2.20 bits per heavy atom. The molecule has 1 aromatic rings. The van der Waals surface area contributed by atoms with Gasteiger partial charge in [-0.05, 0) is 11.6 Å². The van der Waals surface area contributed by atoms with Gasteiger partial charge in [0.2, 0.25) is 5.88 Å². The fraction of sp³-hybridized carbons (Fsp3) is 0.417. The minimum absolute atomic E-state index is 0.0498. The molecule has 8 nitrogen and oxygen atoms in total. The van der Waals surface area contributed by atoms with Gasteiger partial charge in [-0.3, -0.25) is 0 Å². The summed E-state index contributed by atoms with van der Waals surface area (Å²) in [6, 6.07) is 2.98. The number of amides is 2. The van der Waals surface area contributed by atoms with Gasteiger partial charge in [0.1, 0.15) is 0 Å². The van der Waals surface area contributed by atoms with Crippen molar-refractivity contribution in [1.82, 2.24) is 15.6 Å². The first-order valence-corrected chi connectivity index (χ1v) is 5.94. The zero-order chi connectivity index (χ0) is 15.0. The summed E-state index contributed by atoms with van der Waals surface area (Å²) in [7, 11) is 1.50. The zero-order valence-electron chi connectivity index (χ0n) is 11.0. The number of nitrogens with one attached hydrogen (secondary N) is 2. The second-order valence-electron chi connectivity index (χ2n) is 3.96. The molecule has 1 unspecified atom stereocenters. The summed E-state index contributed by atoms with van der Waals surface area (Å²) in [4.78, 5) is 25.7. The fourth-order valence-corrected chi connectivity index (χ4v) is 1.36. The number of aliphatic hydroxyl groups is 1. The first-order valence-electron chi connectivity index (χ1n) is 5.94. The van der Waals surface area contributed by atoms with Gasteiger partial charge in [-0.2, -0.15) is 0 Å². The highest BCUT2D eigenvalue weighted by molar-refractivity contribution is 5.74. The Labute approximate surface area is 115 Å². The Kier molecular flexibility index (Phi) is 6.24. The molecular formula is C12H17N3O5. The van der Waals surface area contributed by atoms with Crippen LogP contribution >= 0.6 is 0 Å². The second kappa shape index (κ2) is 7.95. The van der Waals surface area contributed by atoms with E-state index in [1.165, 1.54) is 7.11 Å². The van der Waals surface area contributed by atoms with E-state index in [1.807, 2.05) is 0 Å². The zero-order valence-corrected chi connectivity index (χ0v) is 11.0. The van der Waals surface area contributed by atoms with Crippen LogP contribution in [0.2, 0.25) is 0 Å². The van der Waals surface area contributed by atoms with Gasteiger partial charge in [-0.1, -0.05) is 0 Å². The second-order valence-corrected chi connectivity index (χ2v) is 3.96.